The standard InChI is InChI=1S/C20H27ClN6O.HI/c1-3-22-19(25-15-16-6-7-17(21)14-18(16)28-4-2)26-10-12-27(13-11-26)20-23-8-5-9-24-20;/h5-9,14H,3-4,10-13,15H2,1-2H3,(H,22,25);1H. The number of guanidine groups is 1. The van der Waals surface area contributed by atoms with Crippen molar-refractivity contribution in [3.63, 3.8) is 0 Å². The highest BCUT2D eigenvalue weighted by atomic mass is 127. The lowest BCUT2D eigenvalue weighted by molar-refractivity contribution is 0.336. The number of aliphatic imine (C=N–C) groups is 1. The maximum absolute atomic E-state index is 6.10. The van der Waals surface area contributed by atoms with E-state index in [4.69, 9.17) is 21.3 Å². The Kier molecular flexibility index (Phi) is 9.72. The van der Waals surface area contributed by atoms with Crippen molar-refractivity contribution in [2.24, 2.45) is 4.99 Å². The molecule has 9 heteroatoms. The summed E-state index contributed by atoms with van der Waals surface area (Å²) in [5.41, 5.74) is 1.03. The second-order valence-corrected chi connectivity index (χ2v) is 6.81. The first kappa shape index (κ1) is 23.5. The fourth-order valence-electron chi connectivity index (χ4n) is 3.11. The van der Waals surface area contributed by atoms with Crippen LogP contribution < -0.4 is 15.0 Å². The molecule has 2 heterocycles. The van der Waals surface area contributed by atoms with Crippen molar-refractivity contribution in [2.45, 2.75) is 20.4 Å². The lowest BCUT2D eigenvalue weighted by Crippen LogP contribution is -2.52. The van der Waals surface area contributed by atoms with Gasteiger partial charge in [0.05, 0.1) is 13.2 Å². The Balaban J connectivity index is 0.00000300. The summed E-state index contributed by atoms with van der Waals surface area (Å²) in [7, 11) is 0. The molecule has 0 spiro atoms. The Morgan fingerprint density at radius 2 is 1.90 bits per heavy atom. The van der Waals surface area contributed by atoms with Gasteiger partial charge in [-0.25, -0.2) is 15.0 Å². The molecule has 0 radical (unpaired) electrons. The summed E-state index contributed by atoms with van der Waals surface area (Å²) in [5, 5.41) is 4.07. The zero-order chi connectivity index (χ0) is 19.8. The van der Waals surface area contributed by atoms with Crippen LogP contribution in [0.4, 0.5) is 5.95 Å². The predicted molar refractivity (Wildman–Crippen MR) is 129 cm³/mol. The molecule has 1 N–H and O–H groups in total. The highest BCUT2D eigenvalue weighted by Gasteiger charge is 2.21. The summed E-state index contributed by atoms with van der Waals surface area (Å²) in [4.78, 5) is 18.0. The van der Waals surface area contributed by atoms with E-state index < -0.39 is 0 Å². The predicted octanol–water partition coefficient (Wildman–Crippen LogP) is 3.43. The van der Waals surface area contributed by atoms with Gasteiger partial charge >= 0.3 is 0 Å². The van der Waals surface area contributed by atoms with Gasteiger partial charge in [-0.1, -0.05) is 17.7 Å². The second kappa shape index (κ2) is 12.0. The van der Waals surface area contributed by atoms with Crippen molar-refractivity contribution in [3.8, 4) is 5.75 Å². The Morgan fingerprint density at radius 1 is 1.17 bits per heavy atom. The maximum atomic E-state index is 6.10. The topological polar surface area (TPSA) is 65.9 Å². The third-order valence-corrected chi connectivity index (χ3v) is 4.71. The maximum Gasteiger partial charge on any atom is 0.225 e. The van der Waals surface area contributed by atoms with Crippen molar-refractivity contribution < 1.29 is 4.74 Å². The molecule has 29 heavy (non-hydrogen) atoms. The lowest BCUT2D eigenvalue weighted by atomic mass is 10.2. The number of halogens is 2. The van der Waals surface area contributed by atoms with Gasteiger partial charge in [-0.3, -0.25) is 0 Å². The van der Waals surface area contributed by atoms with Crippen LogP contribution >= 0.6 is 35.6 Å². The highest BCUT2D eigenvalue weighted by Crippen LogP contribution is 2.24. The first-order valence-corrected chi connectivity index (χ1v) is 10.1. The van der Waals surface area contributed by atoms with Crippen LogP contribution in [0.15, 0.2) is 41.7 Å². The Bertz CT molecular complexity index is 784. The van der Waals surface area contributed by atoms with Crippen molar-refractivity contribution in [3.05, 3.63) is 47.2 Å². The van der Waals surface area contributed by atoms with Crippen LogP contribution in [-0.4, -0.2) is 60.2 Å². The van der Waals surface area contributed by atoms with Crippen molar-refractivity contribution >= 4 is 47.5 Å². The number of hydrogen-bond donors (Lipinski definition) is 1. The molecule has 0 amide bonds. The van der Waals surface area contributed by atoms with Gasteiger partial charge in [0.1, 0.15) is 5.75 Å². The largest absolute Gasteiger partial charge is 0.493 e. The SMILES string of the molecule is CCNC(=NCc1ccc(Cl)cc1OCC)N1CCN(c2ncccn2)CC1.I. The number of nitrogens with zero attached hydrogens (tertiary/aromatic N) is 5. The summed E-state index contributed by atoms with van der Waals surface area (Å²) < 4.78 is 5.71. The fraction of sp³-hybridized carbons (Fsp3) is 0.450. The molecule has 0 unspecified atom stereocenters. The van der Waals surface area contributed by atoms with Crippen LogP contribution in [0.2, 0.25) is 5.02 Å². The van der Waals surface area contributed by atoms with Crippen molar-refractivity contribution in [2.75, 3.05) is 44.2 Å². The Hall–Kier alpha value is -1.81. The molecular formula is C20H28ClIN6O. The van der Waals surface area contributed by atoms with E-state index >= 15 is 0 Å². The van der Waals surface area contributed by atoms with Gasteiger partial charge in [-0.05, 0) is 32.0 Å². The molecule has 1 fully saturated rings. The highest BCUT2D eigenvalue weighted by molar-refractivity contribution is 14.0. The van der Waals surface area contributed by atoms with Gasteiger partial charge in [-0.15, -0.1) is 24.0 Å². The van der Waals surface area contributed by atoms with Gasteiger partial charge in [0.15, 0.2) is 5.96 Å². The van der Waals surface area contributed by atoms with Gasteiger partial charge in [0, 0.05) is 55.7 Å². The number of hydrogen-bond acceptors (Lipinski definition) is 5. The smallest absolute Gasteiger partial charge is 0.225 e. The first-order valence-electron chi connectivity index (χ1n) is 9.67. The quantitative estimate of drug-likeness (QED) is 0.351. The third-order valence-electron chi connectivity index (χ3n) is 4.48. The average Bonchev–Trinajstić information content (AvgIpc) is 2.73. The third kappa shape index (κ3) is 6.60. The molecule has 1 aromatic heterocycles. The van der Waals surface area contributed by atoms with Crippen LogP contribution in [0.25, 0.3) is 0 Å². The number of benzene rings is 1. The molecule has 3 rings (SSSR count). The van der Waals surface area contributed by atoms with Gasteiger partial charge in [0.25, 0.3) is 0 Å². The average molecular weight is 531 g/mol. The zero-order valence-electron chi connectivity index (χ0n) is 16.8. The molecular weight excluding hydrogens is 503 g/mol. The van der Waals surface area contributed by atoms with Crippen molar-refractivity contribution in [1.82, 2.24) is 20.2 Å². The molecule has 158 valence electrons. The van der Waals surface area contributed by atoms with Crippen molar-refractivity contribution in [1.29, 1.82) is 0 Å². The molecule has 1 aromatic carbocycles. The number of aromatic nitrogens is 2. The molecule has 0 bridgehead atoms. The summed E-state index contributed by atoms with van der Waals surface area (Å²) in [6.45, 7) is 9.45. The minimum absolute atomic E-state index is 0. The van der Waals surface area contributed by atoms with Gasteiger partial charge < -0.3 is 19.9 Å². The lowest BCUT2D eigenvalue weighted by Gasteiger charge is -2.36. The Labute approximate surface area is 194 Å². The molecule has 0 aliphatic carbocycles. The molecule has 1 saturated heterocycles. The molecule has 0 saturated carbocycles. The number of anilines is 1. The van der Waals surface area contributed by atoms with Crippen LogP contribution in [0, 0.1) is 0 Å². The van der Waals surface area contributed by atoms with E-state index in [1.165, 1.54) is 0 Å². The normalized spacial score (nSPS) is 14.4. The zero-order valence-corrected chi connectivity index (χ0v) is 19.9. The van der Waals surface area contributed by atoms with Crippen LogP contribution in [-0.2, 0) is 6.54 Å². The fourth-order valence-corrected chi connectivity index (χ4v) is 3.27. The summed E-state index contributed by atoms with van der Waals surface area (Å²) in [6.07, 6.45) is 3.56. The minimum Gasteiger partial charge on any atom is -0.493 e. The molecule has 1 aliphatic rings. The number of ether oxygens (including phenoxy) is 1. The van der Waals surface area contributed by atoms with E-state index in [1.807, 2.05) is 31.2 Å². The second-order valence-electron chi connectivity index (χ2n) is 6.38. The van der Waals surface area contributed by atoms with Gasteiger partial charge in [-0.2, -0.15) is 0 Å². The van der Waals surface area contributed by atoms with Crippen LogP contribution in [0.3, 0.4) is 0 Å². The summed E-state index contributed by atoms with van der Waals surface area (Å²) in [5.74, 6) is 2.49. The van der Waals surface area contributed by atoms with E-state index in [0.717, 1.165) is 55.9 Å². The van der Waals surface area contributed by atoms with Gasteiger partial charge in [0.2, 0.25) is 5.95 Å². The summed E-state index contributed by atoms with van der Waals surface area (Å²) in [6, 6.07) is 7.54. The van der Waals surface area contributed by atoms with Crippen LogP contribution in [0.1, 0.15) is 19.4 Å². The van der Waals surface area contributed by atoms with E-state index in [1.54, 1.807) is 12.4 Å². The minimum atomic E-state index is 0. The summed E-state index contributed by atoms with van der Waals surface area (Å²) >= 11 is 6.10. The van der Waals surface area contributed by atoms with E-state index in [9.17, 15) is 0 Å². The van der Waals surface area contributed by atoms with E-state index in [2.05, 4.69) is 32.0 Å². The number of piperazine rings is 1. The Morgan fingerprint density at radius 3 is 2.55 bits per heavy atom. The monoisotopic (exact) mass is 530 g/mol. The van der Waals surface area contributed by atoms with Crippen LogP contribution in [0.5, 0.6) is 5.75 Å². The molecule has 1 aliphatic heterocycles. The molecule has 0 atom stereocenters. The molecule has 7 nitrogen and oxygen atoms in total. The van der Waals surface area contributed by atoms with E-state index in [-0.39, 0.29) is 24.0 Å². The number of rotatable bonds is 6. The molecule has 2 aromatic rings. The number of nitrogens with one attached hydrogen (secondary N) is 1. The van der Waals surface area contributed by atoms with E-state index in [0.29, 0.717) is 18.2 Å². The first-order chi connectivity index (χ1) is 13.7.